The average molecular weight is 530 g/mol. The van der Waals surface area contributed by atoms with E-state index in [1.165, 1.54) is 0 Å². The minimum Gasteiger partial charge on any atom is -0.366 e. The number of hydrogen-bond donors (Lipinski definition) is 1. The highest BCUT2D eigenvalue weighted by Crippen LogP contribution is 2.29. The van der Waals surface area contributed by atoms with Crippen LogP contribution in [-0.2, 0) is 17.5 Å². The number of benzene rings is 1. The zero-order valence-corrected chi connectivity index (χ0v) is 21.1. The number of halogens is 3. The van der Waals surface area contributed by atoms with Crippen LogP contribution in [0.4, 0.5) is 19.1 Å². The summed E-state index contributed by atoms with van der Waals surface area (Å²) in [4.78, 5) is 38.5. The van der Waals surface area contributed by atoms with Crippen LogP contribution in [-0.4, -0.2) is 81.5 Å². The molecule has 9 nitrogen and oxygen atoms in total. The molecule has 5 rings (SSSR count). The number of primary amides is 1. The number of fused-ring (bicyclic) bond motifs is 1. The number of alkyl halides is 3. The molecule has 2 aliphatic rings. The lowest BCUT2D eigenvalue weighted by Gasteiger charge is -2.38. The van der Waals surface area contributed by atoms with E-state index in [4.69, 9.17) is 5.73 Å². The SMILES string of the molecule is CC(C(=O)N1CCC(Cn2ccc3ccc(C(N)=O)cc32)C1)N1CCN(c2ncc(C(F)(F)F)cn2)CC1. The van der Waals surface area contributed by atoms with Crippen molar-refractivity contribution < 1.29 is 22.8 Å². The van der Waals surface area contributed by atoms with Crippen LogP contribution in [0.3, 0.4) is 0 Å². The third-order valence-corrected chi connectivity index (χ3v) is 7.58. The standard InChI is InChI=1S/C26H30F3N7O2/c1-17(33-8-10-34(11-9-33)25-31-13-21(14-32-25)26(27,28)29)24(38)36-6-4-18(16-36)15-35-7-5-19-2-3-20(23(30)37)12-22(19)35/h2-3,5,7,12-14,17-18H,4,6,8-11,15-16H2,1H3,(H2,30,37). The largest absolute Gasteiger partial charge is 0.419 e. The molecule has 2 aromatic heterocycles. The van der Waals surface area contributed by atoms with Gasteiger partial charge in [-0.1, -0.05) is 6.07 Å². The van der Waals surface area contributed by atoms with Gasteiger partial charge < -0.3 is 20.1 Å². The number of aromatic nitrogens is 3. The second kappa shape index (κ2) is 10.2. The molecule has 2 amide bonds. The Morgan fingerprint density at radius 1 is 1.08 bits per heavy atom. The smallest absolute Gasteiger partial charge is 0.366 e. The van der Waals surface area contributed by atoms with Crippen LogP contribution in [0.15, 0.2) is 42.9 Å². The van der Waals surface area contributed by atoms with Crippen LogP contribution in [0.2, 0.25) is 0 Å². The number of piperazine rings is 1. The van der Waals surface area contributed by atoms with E-state index in [2.05, 4.69) is 19.4 Å². The summed E-state index contributed by atoms with van der Waals surface area (Å²) in [5.74, 6) is 0.186. The second-order valence-corrected chi connectivity index (χ2v) is 10.0. The summed E-state index contributed by atoms with van der Waals surface area (Å²) in [5, 5.41) is 1.04. The van der Waals surface area contributed by atoms with E-state index < -0.39 is 17.6 Å². The molecule has 0 radical (unpaired) electrons. The van der Waals surface area contributed by atoms with Gasteiger partial charge in [0.05, 0.1) is 11.6 Å². The number of amides is 2. The Hall–Kier alpha value is -3.67. The van der Waals surface area contributed by atoms with Crippen LogP contribution in [0.5, 0.6) is 0 Å². The van der Waals surface area contributed by atoms with E-state index in [1.54, 1.807) is 6.07 Å². The fourth-order valence-corrected chi connectivity index (χ4v) is 5.32. The van der Waals surface area contributed by atoms with Crippen molar-refractivity contribution in [2.75, 3.05) is 44.2 Å². The molecule has 202 valence electrons. The molecule has 38 heavy (non-hydrogen) atoms. The number of likely N-dealkylation sites (tertiary alicyclic amines) is 1. The Balaban J connectivity index is 1.14. The maximum atomic E-state index is 13.3. The Morgan fingerprint density at radius 3 is 2.45 bits per heavy atom. The van der Waals surface area contributed by atoms with Crippen LogP contribution in [0.1, 0.15) is 29.3 Å². The minimum absolute atomic E-state index is 0.0834. The lowest BCUT2D eigenvalue weighted by atomic mass is 10.1. The number of nitrogens with two attached hydrogens (primary N) is 1. The number of carbonyl (C=O) groups excluding carboxylic acids is 2. The molecule has 0 aliphatic carbocycles. The monoisotopic (exact) mass is 529 g/mol. The van der Waals surface area contributed by atoms with E-state index >= 15 is 0 Å². The Bertz CT molecular complexity index is 1320. The zero-order valence-electron chi connectivity index (χ0n) is 21.1. The van der Waals surface area contributed by atoms with Gasteiger partial charge >= 0.3 is 6.18 Å². The molecule has 0 spiro atoms. The van der Waals surface area contributed by atoms with E-state index in [0.717, 1.165) is 36.3 Å². The Kier molecular flexibility index (Phi) is 6.99. The highest BCUT2D eigenvalue weighted by molar-refractivity contribution is 5.97. The first-order valence-corrected chi connectivity index (χ1v) is 12.7. The van der Waals surface area contributed by atoms with Crippen LogP contribution < -0.4 is 10.6 Å². The predicted molar refractivity (Wildman–Crippen MR) is 135 cm³/mol. The van der Waals surface area contributed by atoms with Gasteiger partial charge in [0, 0.05) is 75.5 Å². The molecule has 2 aliphatic heterocycles. The van der Waals surface area contributed by atoms with Gasteiger partial charge in [-0.25, -0.2) is 9.97 Å². The highest BCUT2D eigenvalue weighted by atomic mass is 19.4. The van der Waals surface area contributed by atoms with Gasteiger partial charge in [-0.15, -0.1) is 0 Å². The molecule has 4 heterocycles. The molecule has 0 bridgehead atoms. The quantitative estimate of drug-likeness (QED) is 0.527. The van der Waals surface area contributed by atoms with Crippen molar-refractivity contribution in [3.8, 4) is 0 Å². The fourth-order valence-electron chi connectivity index (χ4n) is 5.32. The summed E-state index contributed by atoms with van der Waals surface area (Å²) in [7, 11) is 0. The van der Waals surface area contributed by atoms with Gasteiger partial charge in [-0.2, -0.15) is 13.2 Å². The van der Waals surface area contributed by atoms with Crippen molar-refractivity contribution in [2.45, 2.75) is 32.1 Å². The van der Waals surface area contributed by atoms with Crippen molar-refractivity contribution in [1.82, 2.24) is 24.3 Å². The van der Waals surface area contributed by atoms with Gasteiger partial charge in [-0.05, 0) is 42.8 Å². The molecule has 12 heteroatoms. The fraction of sp³-hybridized carbons (Fsp3) is 0.462. The topological polar surface area (TPSA) is 101 Å². The van der Waals surface area contributed by atoms with E-state index in [1.807, 2.05) is 41.1 Å². The molecular formula is C26H30F3N7O2. The van der Waals surface area contributed by atoms with Crippen LogP contribution in [0.25, 0.3) is 10.9 Å². The molecule has 2 unspecified atom stereocenters. The molecule has 0 saturated carbocycles. The van der Waals surface area contributed by atoms with E-state index in [9.17, 15) is 22.8 Å². The first kappa shape index (κ1) is 26.0. The molecular weight excluding hydrogens is 499 g/mol. The maximum absolute atomic E-state index is 13.3. The first-order chi connectivity index (χ1) is 18.1. The summed E-state index contributed by atoms with van der Waals surface area (Å²) >= 11 is 0. The zero-order chi connectivity index (χ0) is 27.0. The van der Waals surface area contributed by atoms with Crippen molar-refractivity contribution in [1.29, 1.82) is 0 Å². The summed E-state index contributed by atoms with van der Waals surface area (Å²) in [5.41, 5.74) is 6.00. The van der Waals surface area contributed by atoms with Crippen molar-refractivity contribution in [3.63, 3.8) is 0 Å². The van der Waals surface area contributed by atoms with Gasteiger partial charge in [0.2, 0.25) is 17.8 Å². The summed E-state index contributed by atoms with van der Waals surface area (Å²) in [6.45, 7) is 6.24. The molecule has 2 N–H and O–H groups in total. The maximum Gasteiger partial charge on any atom is 0.419 e. The van der Waals surface area contributed by atoms with Crippen molar-refractivity contribution in [3.05, 3.63) is 54.0 Å². The third-order valence-electron chi connectivity index (χ3n) is 7.58. The molecule has 2 fully saturated rings. The van der Waals surface area contributed by atoms with Crippen molar-refractivity contribution in [2.24, 2.45) is 11.7 Å². The average Bonchev–Trinajstić information content (AvgIpc) is 3.54. The third kappa shape index (κ3) is 5.31. The molecule has 3 aromatic rings. The molecule has 1 aromatic carbocycles. The Morgan fingerprint density at radius 2 is 1.79 bits per heavy atom. The van der Waals surface area contributed by atoms with Gasteiger partial charge in [-0.3, -0.25) is 14.5 Å². The predicted octanol–water partition coefficient (Wildman–Crippen LogP) is 2.61. The Labute approximate surface area is 218 Å². The van der Waals surface area contributed by atoms with Gasteiger partial charge in [0.25, 0.3) is 0 Å². The number of rotatable bonds is 6. The number of nitrogens with zero attached hydrogens (tertiary/aromatic N) is 6. The summed E-state index contributed by atoms with van der Waals surface area (Å²) in [6, 6.07) is 7.14. The second-order valence-electron chi connectivity index (χ2n) is 10.0. The van der Waals surface area contributed by atoms with Gasteiger partial charge in [0.15, 0.2) is 0 Å². The number of carbonyl (C=O) groups is 2. The van der Waals surface area contributed by atoms with Crippen molar-refractivity contribution >= 4 is 28.7 Å². The normalized spacial score (nSPS) is 19.7. The first-order valence-electron chi connectivity index (χ1n) is 12.7. The summed E-state index contributed by atoms with van der Waals surface area (Å²) in [6.07, 6.45) is 0.0382. The van der Waals surface area contributed by atoms with Gasteiger partial charge in [0.1, 0.15) is 0 Å². The minimum atomic E-state index is -4.47. The number of hydrogen-bond acceptors (Lipinski definition) is 6. The van der Waals surface area contributed by atoms with Crippen LogP contribution >= 0.6 is 0 Å². The van der Waals surface area contributed by atoms with E-state index in [0.29, 0.717) is 50.7 Å². The molecule has 2 atom stereocenters. The highest BCUT2D eigenvalue weighted by Gasteiger charge is 2.34. The molecule has 2 saturated heterocycles. The lowest BCUT2D eigenvalue weighted by Crippen LogP contribution is -2.54. The summed E-state index contributed by atoms with van der Waals surface area (Å²) < 4.78 is 40.4. The number of anilines is 1. The van der Waals surface area contributed by atoms with Crippen LogP contribution in [0, 0.1) is 5.92 Å². The lowest BCUT2D eigenvalue weighted by molar-refractivity contribution is -0.138. The van der Waals surface area contributed by atoms with E-state index in [-0.39, 0.29) is 17.9 Å².